The summed E-state index contributed by atoms with van der Waals surface area (Å²) in [6, 6.07) is 9.62. The van der Waals surface area contributed by atoms with Crippen LogP contribution in [0.2, 0.25) is 0 Å². The Morgan fingerprint density at radius 2 is 2.00 bits per heavy atom. The molecule has 2 aliphatic heterocycles. The summed E-state index contributed by atoms with van der Waals surface area (Å²) in [5, 5.41) is 8.99. The lowest BCUT2D eigenvalue weighted by atomic mass is 9.93. The SMILES string of the molecule is O=C(O)C1CN(C2COc3cc(C#Cc4cccc(F)c4F)ccc3C2)C1. The standard InChI is InChI=1S/C21H17F2NO3/c22-18-3-1-2-14(20(18)23)6-4-13-5-7-15-9-17(12-27-19(15)8-13)24-10-16(11-24)21(25)26/h1-3,5,7-8,16-17H,9-12H2,(H,25,26). The van der Waals surface area contributed by atoms with Gasteiger partial charge in [-0.1, -0.05) is 24.0 Å². The van der Waals surface area contributed by atoms with E-state index in [-0.39, 0.29) is 17.5 Å². The van der Waals surface area contributed by atoms with Crippen molar-refractivity contribution in [1.29, 1.82) is 0 Å². The average molecular weight is 369 g/mol. The molecule has 0 radical (unpaired) electrons. The molecule has 2 aliphatic rings. The summed E-state index contributed by atoms with van der Waals surface area (Å²) >= 11 is 0. The van der Waals surface area contributed by atoms with Crippen LogP contribution in [-0.4, -0.2) is 41.7 Å². The maximum atomic E-state index is 13.7. The van der Waals surface area contributed by atoms with E-state index in [0.29, 0.717) is 25.3 Å². The maximum absolute atomic E-state index is 13.7. The summed E-state index contributed by atoms with van der Waals surface area (Å²) in [7, 11) is 0. The second kappa shape index (κ2) is 7.01. The Hall–Kier alpha value is -2.91. The van der Waals surface area contributed by atoms with Gasteiger partial charge in [-0.2, -0.15) is 0 Å². The third kappa shape index (κ3) is 3.51. The van der Waals surface area contributed by atoms with E-state index in [9.17, 15) is 13.6 Å². The number of aliphatic carboxylic acids is 1. The van der Waals surface area contributed by atoms with Gasteiger partial charge in [0.05, 0.1) is 11.5 Å². The zero-order valence-corrected chi connectivity index (χ0v) is 14.4. The van der Waals surface area contributed by atoms with Crippen molar-refractivity contribution in [3.05, 3.63) is 64.7 Å². The molecule has 0 saturated carbocycles. The number of hydrogen-bond donors (Lipinski definition) is 1. The first-order valence-electron chi connectivity index (χ1n) is 8.70. The second-order valence-electron chi connectivity index (χ2n) is 6.83. The Bertz CT molecular complexity index is 958. The minimum atomic E-state index is -0.948. The van der Waals surface area contributed by atoms with Crippen LogP contribution in [0.1, 0.15) is 16.7 Å². The number of ether oxygens (including phenoxy) is 1. The quantitative estimate of drug-likeness (QED) is 0.827. The molecule has 4 nitrogen and oxygen atoms in total. The molecule has 1 atom stereocenters. The smallest absolute Gasteiger partial charge is 0.309 e. The van der Waals surface area contributed by atoms with E-state index in [2.05, 4.69) is 16.7 Å². The summed E-state index contributed by atoms with van der Waals surface area (Å²) < 4.78 is 32.7. The molecule has 1 fully saturated rings. The van der Waals surface area contributed by atoms with Crippen molar-refractivity contribution >= 4 is 5.97 Å². The summed E-state index contributed by atoms with van der Waals surface area (Å²) in [4.78, 5) is 13.1. The number of likely N-dealkylation sites (tertiary alicyclic amines) is 1. The highest BCUT2D eigenvalue weighted by molar-refractivity contribution is 5.71. The van der Waals surface area contributed by atoms with Gasteiger partial charge in [0.15, 0.2) is 11.6 Å². The largest absolute Gasteiger partial charge is 0.492 e. The predicted molar refractivity (Wildman–Crippen MR) is 94.5 cm³/mol. The van der Waals surface area contributed by atoms with E-state index < -0.39 is 17.6 Å². The average Bonchev–Trinajstić information content (AvgIpc) is 2.61. The number of fused-ring (bicyclic) bond motifs is 1. The molecule has 27 heavy (non-hydrogen) atoms. The second-order valence-corrected chi connectivity index (χ2v) is 6.83. The van der Waals surface area contributed by atoms with E-state index in [1.807, 2.05) is 12.1 Å². The van der Waals surface area contributed by atoms with Gasteiger partial charge in [0.25, 0.3) is 0 Å². The van der Waals surface area contributed by atoms with Crippen molar-refractivity contribution < 1.29 is 23.4 Å². The fraction of sp³-hybridized carbons (Fsp3) is 0.286. The van der Waals surface area contributed by atoms with Crippen molar-refractivity contribution in [2.45, 2.75) is 12.5 Å². The Labute approximate surface area is 155 Å². The zero-order valence-electron chi connectivity index (χ0n) is 14.4. The van der Waals surface area contributed by atoms with E-state index >= 15 is 0 Å². The van der Waals surface area contributed by atoms with Crippen molar-refractivity contribution in [2.75, 3.05) is 19.7 Å². The third-order valence-electron chi connectivity index (χ3n) is 5.02. The number of hydrogen-bond acceptors (Lipinski definition) is 3. The molecule has 2 aromatic carbocycles. The van der Waals surface area contributed by atoms with Gasteiger partial charge in [0.2, 0.25) is 0 Å². The molecule has 0 bridgehead atoms. The summed E-state index contributed by atoms with van der Waals surface area (Å²) in [5.41, 5.74) is 1.71. The van der Waals surface area contributed by atoms with Gasteiger partial charge in [-0.3, -0.25) is 9.69 Å². The monoisotopic (exact) mass is 369 g/mol. The van der Waals surface area contributed by atoms with E-state index in [1.165, 1.54) is 12.1 Å². The van der Waals surface area contributed by atoms with Crippen LogP contribution in [0.5, 0.6) is 5.75 Å². The third-order valence-corrected chi connectivity index (χ3v) is 5.02. The summed E-state index contributed by atoms with van der Waals surface area (Å²) in [6.45, 7) is 1.61. The number of carboxylic acid groups (broad SMARTS) is 1. The van der Waals surface area contributed by atoms with Gasteiger partial charge >= 0.3 is 5.97 Å². The van der Waals surface area contributed by atoms with Crippen molar-refractivity contribution in [1.82, 2.24) is 4.90 Å². The van der Waals surface area contributed by atoms with Crippen LogP contribution in [-0.2, 0) is 11.2 Å². The Morgan fingerprint density at radius 1 is 1.19 bits per heavy atom. The molecule has 4 rings (SSSR count). The number of carbonyl (C=O) groups is 1. The Kier molecular flexibility index (Phi) is 4.54. The van der Waals surface area contributed by atoms with Crippen LogP contribution in [0.4, 0.5) is 8.78 Å². The van der Waals surface area contributed by atoms with Gasteiger partial charge < -0.3 is 9.84 Å². The van der Waals surface area contributed by atoms with Gasteiger partial charge in [0, 0.05) is 24.7 Å². The molecule has 0 amide bonds. The van der Waals surface area contributed by atoms with Crippen molar-refractivity contribution in [3.63, 3.8) is 0 Å². The van der Waals surface area contributed by atoms with Gasteiger partial charge in [-0.15, -0.1) is 0 Å². The maximum Gasteiger partial charge on any atom is 0.309 e. The molecule has 2 aromatic rings. The lowest BCUT2D eigenvalue weighted by molar-refractivity contribution is -0.149. The molecule has 6 heteroatoms. The fourth-order valence-electron chi connectivity index (χ4n) is 3.38. The van der Waals surface area contributed by atoms with Crippen LogP contribution < -0.4 is 4.74 Å². The number of nitrogens with zero attached hydrogens (tertiary/aromatic N) is 1. The van der Waals surface area contributed by atoms with Crippen molar-refractivity contribution in [2.24, 2.45) is 5.92 Å². The fourth-order valence-corrected chi connectivity index (χ4v) is 3.38. The molecule has 0 aliphatic carbocycles. The van der Waals surface area contributed by atoms with Crippen molar-refractivity contribution in [3.8, 4) is 17.6 Å². The molecule has 0 spiro atoms. The number of carboxylic acids is 1. The van der Waals surface area contributed by atoms with Gasteiger partial charge in [-0.05, 0) is 36.2 Å². The number of rotatable bonds is 2. The first-order valence-corrected chi connectivity index (χ1v) is 8.70. The highest BCUT2D eigenvalue weighted by Crippen LogP contribution is 2.30. The lowest BCUT2D eigenvalue weighted by Crippen LogP contribution is -2.57. The molecule has 2 heterocycles. The first kappa shape index (κ1) is 17.5. The molecule has 1 unspecified atom stereocenters. The molecule has 138 valence electrons. The highest BCUT2D eigenvalue weighted by atomic mass is 19.2. The van der Waals surface area contributed by atoms with Crippen LogP contribution >= 0.6 is 0 Å². The highest BCUT2D eigenvalue weighted by Gasteiger charge is 2.38. The van der Waals surface area contributed by atoms with Crippen LogP contribution in [0.25, 0.3) is 0 Å². The van der Waals surface area contributed by atoms with Crippen LogP contribution in [0.3, 0.4) is 0 Å². The Morgan fingerprint density at radius 3 is 2.78 bits per heavy atom. The summed E-state index contributed by atoms with van der Waals surface area (Å²) in [5.74, 6) is 3.32. The van der Waals surface area contributed by atoms with Gasteiger partial charge in [0.1, 0.15) is 12.4 Å². The van der Waals surface area contributed by atoms with Crippen LogP contribution in [0, 0.1) is 29.4 Å². The molecule has 1 N–H and O–H groups in total. The Balaban J connectivity index is 1.46. The molecule has 1 saturated heterocycles. The van der Waals surface area contributed by atoms with E-state index in [4.69, 9.17) is 9.84 Å². The molecular formula is C21H17F2NO3. The normalized spacial score (nSPS) is 19.3. The number of halogens is 2. The molecular weight excluding hydrogens is 352 g/mol. The zero-order chi connectivity index (χ0) is 19.0. The van der Waals surface area contributed by atoms with Crippen LogP contribution in [0.15, 0.2) is 36.4 Å². The number of benzene rings is 2. The summed E-state index contributed by atoms with van der Waals surface area (Å²) in [6.07, 6.45) is 0.786. The minimum absolute atomic E-state index is 0.0134. The topological polar surface area (TPSA) is 49.8 Å². The van der Waals surface area contributed by atoms with E-state index in [0.717, 1.165) is 23.8 Å². The molecule has 0 aromatic heterocycles. The predicted octanol–water partition coefficient (Wildman–Crippen LogP) is 2.68. The van der Waals surface area contributed by atoms with Gasteiger partial charge in [-0.25, -0.2) is 8.78 Å². The first-order chi connectivity index (χ1) is 13.0. The lowest BCUT2D eigenvalue weighted by Gasteiger charge is -2.43. The minimum Gasteiger partial charge on any atom is -0.492 e. The van der Waals surface area contributed by atoms with E-state index in [1.54, 1.807) is 6.07 Å².